The maximum atomic E-state index is 13.4. The number of nitrogen functional groups attached to an aromatic ring is 1. The van der Waals surface area contributed by atoms with Crippen LogP contribution in [-0.2, 0) is 6.54 Å². The maximum Gasteiger partial charge on any atom is 0.146 e. The second kappa shape index (κ2) is 6.35. The first-order valence-electron chi connectivity index (χ1n) is 7.10. The first-order valence-corrected chi connectivity index (χ1v) is 7.10. The van der Waals surface area contributed by atoms with Gasteiger partial charge in [0.15, 0.2) is 0 Å². The highest BCUT2D eigenvalue weighted by Gasteiger charge is 2.20. The molecule has 1 heterocycles. The molecule has 4 heteroatoms. The number of nitrogens with zero attached hydrogens (tertiary/aromatic N) is 2. The Bertz CT molecular complexity index is 414. The van der Waals surface area contributed by atoms with Crippen molar-refractivity contribution in [1.82, 2.24) is 9.80 Å². The minimum Gasteiger partial charge on any atom is -0.396 e. The summed E-state index contributed by atoms with van der Waals surface area (Å²) in [4.78, 5) is 4.91. The summed E-state index contributed by atoms with van der Waals surface area (Å²) >= 11 is 0. The van der Waals surface area contributed by atoms with Crippen molar-refractivity contribution in [2.45, 2.75) is 32.9 Å². The number of hydrogen-bond acceptors (Lipinski definition) is 3. The van der Waals surface area contributed by atoms with Crippen LogP contribution in [0.2, 0.25) is 0 Å². The van der Waals surface area contributed by atoms with E-state index in [1.165, 1.54) is 6.42 Å². The average Bonchev–Trinajstić information content (AvgIpc) is 2.43. The van der Waals surface area contributed by atoms with Gasteiger partial charge < -0.3 is 5.73 Å². The summed E-state index contributed by atoms with van der Waals surface area (Å²) in [5.74, 6) is -0.309. The smallest absolute Gasteiger partial charge is 0.146 e. The second-order valence-corrected chi connectivity index (χ2v) is 5.43. The van der Waals surface area contributed by atoms with Crippen LogP contribution in [0.25, 0.3) is 0 Å². The quantitative estimate of drug-likeness (QED) is 0.848. The zero-order valence-electron chi connectivity index (χ0n) is 11.9. The van der Waals surface area contributed by atoms with Crippen LogP contribution < -0.4 is 5.73 Å². The van der Waals surface area contributed by atoms with E-state index in [9.17, 15) is 4.39 Å². The standard InChI is InChI=1S/C15H24FN3/c1-3-12(2)19-8-6-18(7-9-19)11-13-4-5-15(17)14(16)10-13/h4-5,10,12H,3,6-9,11,17H2,1-2H3. The lowest BCUT2D eigenvalue weighted by molar-refractivity contribution is 0.0963. The van der Waals surface area contributed by atoms with Gasteiger partial charge in [-0.15, -0.1) is 0 Å². The van der Waals surface area contributed by atoms with Crippen molar-refractivity contribution in [2.75, 3.05) is 31.9 Å². The summed E-state index contributed by atoms with van der Waals surface area (Å²) in [6, 6.07) is 5.78. The number of nitrogens with two attached hydrogens (primary N) is 1. The number of rotatable bonds is 4. The van der Waals surface area contributed by atoms with E-state index in [1.54, 1.807) is 12.1 Å². The fourth-order valence-electron chi connectivity index (χ4n) is 2.55. The fourth-order valence-corrected chi connectivity index (χ4v) is 2.55. The molecule has 19 heavy (non-hydrogen) atoms. The average molecular weight is 265 g/mol. The molecule has 1 aliphatic rings. The first-order chi connectivity index (χ1) is 9.10. The molecule has 0 aromatic heterocycles. The molecular weight excluding hydrogens is 241 g/mol. The van der Waals surface area contributed by atoms with Gasteiger partial charge in [-0.05, 0) is 31.0 Å². The Morgan fingerprint density at radius 2 is 1.95 bits per heavy atom. The van der Waals surface area contributed by atoms with E-state index in [2.05, 4.69) is 23.6 Å². The molecule has 2 N–H and O–H groups in total. The van der Waals surface area contributed by atoms with Crippen molar-refractivity contribution in [3.8, 4) is 0 Å². The van der Waals surface area contributed by atoms with Crippen LogP contribution in [-0.4, -0.2) is 42.0 Å². The highest BCUT2D eigenvalue weighted by molar-refractivity contribution is 5.41. The molecule has 1 unspecified atom stereocenters. The first kappa shape index (κ1) is 14.3. The minimum absolute atomic E-state index is 0.227. The molecule has 1 aromatic rings. The summed E-state index contributed by atoms with van der Waals surface area (Å²) in [6.45, 7) is 9.64. The summed E-state index contributed by atoms with van der Waals surface area (Å²) in [5.41, 5.74) is 6.72. The second-order valence-electron chi connectivity index (χ2n) is 5.43. The third-order valence-electron chi connectivity index (χ3n) is 4.09. The number of piperazine rings is 1. The highest BCUT2D eigenvalue weighted by atomic mass is 19.1. The van der Waals surface area contributed by atoms with Gasteiger partial charge >= 0.3 is 0 Å². The lowest BCUT2D eigenvalue weighted by Gasteiger charge is -2.37. The van der Waals surface area contributed by atoms with Crippen molar-refractivity contribution in [3.63, 3.8) is 0 Å². The summed E-state index contributed by atoms with van der Waals surface area (Å²) in [6.07, 6.45) is 1.20. The predicted octanol–water partition coefficient (Wildman–Crippen LogP) is 2.32. The predicted molar refractivity (Wildman–Crippen MR) is 77.4 cm³/mol. The van der Waals surface area contributed by atoms with Gasteiger partial charge in [-0.3, -0.25) is 9.80 Å². The number of hydrogen-bond donors (Lipinski definition) is 1. The van der Waals surface area contributed by atoms with Gasteiger partial charge in [-0.1, -0.05) is 13.0 Å². The van der Waals surface area contributed by atoms with Crippen LogP contribution in [0.5, 0.6) is 0 Å². The topological polar surface area (TPSA) is 32.5 Å². The van der Waals surface area contributed by atoms with Crippen LogP contribution in [0, 0.1) is 5.82 Å². The monoisotopic (exact) mass is 265 g/mol. The van der Waals surface area contributed by atoms with Crippen LogP contribution >= 0.6 is 0 Å². The third-order valence-corrected chi connectivity index (χ3v) is 4.09. The van der Waals surface area contributed by atoms with E-state index in [4.69, 9.17) is 5.73 Å². The number of benzene rings is 1. The molecule has 1 aromatic carbocycles. The summed E-state index contributed by atoms with van der Waals surface area (Å²) in [5, 5.41) is 0. The molecule has 1 fully saturated rings. The van der Waals surface area contributed by atoms with E-state index in [0.29, 0.717) is 6.04 Å². The lowest BCUT2D eigenvalue weighted by atomic mass is 10.1. The Labute approximate surface area is 115 Å². The molecule has 0 saturated carbocycles. The lowest BCUT2D eigenvalue weighted by Crippen LogP contribution is -2.48. The van der Waals surface area contributed by atoms with E-state index in [1.807, 2.05) is 6.07 Å². The zero-order valence-corrected chi connectivity index (χ0v) is 11.9. The van der Waals surface area contributed by atoms with Crippen LogP contribution in [0.4, 0.5) is 10.1 Å². The van der Waals surface area contributed by atoms with Crippen LogP contribution in [0.1, 0.15) is 25.8 Å². The highest BCUT2D eigenvalue weighted by Crippen LogP contribution is 2.15. The fraction of sp³-hybridized carbons (Fsp3) is 0.600. The van der Waals surface area contributed by atoms with E-state index in [0.717, 1.165) is 38.3 Å². The van der Waals surface area contributed by atoms with Crippen molar-refractivity contribution in [1.29, 1.82) is 0 Å². The SMILES string of the molecule is CCC(C)N1CCN(Cc2ccc(N)c(F)c2)CC1. The Balaban J connectivity index is 1.87. The Kier molecular flexibility index (Phi) is 4.77. The van der Waals surface area contributed by atoms with E-state index < -0.39 is 0 Å². The van der Waals surface area contributed by atoms with E-state index in [-0.39, 0.29) is 11.5 Å². The third kappa shape index (κ3) is 3.67. The summed E-state index contributed by atoms with van der Waals surface area (Å²) < 4.78 is 13.4. The summed E-state index contributed by atoms with van der Waals surface area (Å²) in [7, 11) is 0. The van der Waals surface area contributed by atoms with Crippen molar-refractivity contribution in [3.05, 3.63) is 29.6 Å². The molecule has 0 aliphatic carbocycles. The largest absolute Gasteiger partial charge is 0.396 e. The Morgan fingerprint density at radius 3 is 2.53 bits per heavy atom. The number of anilines is 1. The Hall–Kier alpha value is -1.13. The van der Waals surface area contributed by atoms with Gasteiger partial charge in [0, 0.05) is 38.8 Å². The minimum atomic E-state index is -0.309. The molecule has 1 aliphatic heterocycles. The van der Waals surface area contributed by atoms with Crippen LogP contribution in [0.3, 0.4) is 0 Å². The molecular formula is C15H24FN3. The van der Waals surface area contributed by atoms with Crippen molar-refractivity contribution < 1.29 is 4.39 Å². The van der Waals surface area contributed by atoms with E-state index >= 15 is 0 Å². The normalized spacial score (nSPS) is 19.5. The van der Waals surface area contributed by atoms with Gasteiger partial charge in [0.2, 0.25) is 0 Å². The Morgan fingerprint density at radius 1 is 1.26 bits per heavy atom. The molecule has 1 saturated heterocycles. The molecule has 1 atom stereocenters. The molecule has 2 rings (SSSR count). The van der Waals surface area contributed by atoms with Crippen LogP contribution in [0.15, 0.2) is 18.2 Å². The zero-order chi connectivity index (χ0) is 13.8. The maximum absolute atomic E-state index is 13.4. The van der Waals surface area contributed by atoms with Gasteiger partial charge in [-0.25, -0.2) is 4.39 Å². The van der Waals surface area contributed by atoms with Crippen molar-refractivity contribution in [2.24, 2.45) is 0 Å². The molecule has 0 amide bonds. The van der Waals surface area contributed by atoms with Gasteiger partial charge in [0.05, 0.1) is 5.69 Å². The van der Waals surface area contributed by atoms with Gasteiger partial charge in [0.1, 0.15) is 5.82 Å². The molecule has 0 radical (unpaired) electrons. The van der Waals surface area contributed by atoms with Crippen molar-refractivity contribution >= 4 is 5.69 Å². The number of halogens is 1. The molecule has 0 bridgehead atoms. The van der Waals surface area contributed by atoms with Gasteiger partial charge in [-0.2, -0.15) is 0 Å². The van der Waals surface area contributed by atoms with Gasteiger partial charge in [0.25, 0.3) is 0 Å². The molecule has 106 valence electrons. The molecule has 3 nitrogen and oxygen atoms in total. The molecule has 0 spiro atoms.